The van der Waals surface area contributed by atoms with E-state index in [4.69, 9.17) is 19.6 Å². The van der Waals surface area contributed by atoms with E-state index in [-0.39, 0.29) is 29.4 Å². The van der Waals surface area contributed by atoms with Crippen LogP contribution in [0.1, 0.15) is 29.7 Å². The quantitative estimate of drug-likeness (QED) is 0.789. The van der Waals surface area contributed by atoms with Gasteiger partial charge in [-0.2, -0.15) is 0 Å². The molecule has 0 saturated heterocycles. The fraction of sp³-hybridized carbons (Fsp3) is 0.222. The molecule has 1 aromatic heterocycles. The van der Waals surface area contributed by atoms with E-state index in [0.29, 0.717) is 11.3 Å². The van der Waals surface area contributed by atoms with Crippen LogP contribution >= 0.6 is 15.9 Å². The first-order valence-corrected chi connectivity index (χ1v) is 8.46. The number of halogens is 1. The summed E-state index contributed by atoms with van der Waals surface area (Å²) in [4.78, 5) is 25.0. The maximum Gasteiger partial charge on any atom is 0.343 e. The molecule has 0 unspecified atom stereocenters. The molecule has 0 spiro atoms. The topological polar surface area (TPSA) is 91.8 Å². The fourth-order valence-electron chi connectivity index (χ4n) is 2.84. The molecule has 0 fully saturated rings. The molecule has 3 rings (SSSR count). The second-order valence-electron chi connectivity index (χ2n) is 5.51. The van der Waals surface area contributed by atoms with Crippen molar-refractivity contribution < 1.29 is 18.7 Å². The molecule has 2 heterocycles. The lowest BCUT2D eigenvalue weighted by Gasteiger charge is -2.27. The summed E-state index contributed by atoms with van der Waals surface area (Å²) in [6.45, 7) is 3.51. The lowest BCUT2D eigenvalue weighted by Crippen LogP contribution is -2.31. The van der Waals surface area contributed by atoms with Gasteiger partial charge in [-0.05, 0) is 31.5 Å². The van der Waals surface area contributed by atoms with Crippen molar-refractivity contribution in [2.24, 2.45) is 5.73 Å². The third-order valence-corrected chi connectivity index (χ3v) is 4.31. The summed E-state index contributed by atoms with van der Waals surface area (Å²) in [6, 6.07) is 8.85. The van der Waals surface area contributed by atoms with Crippen LogP contribution in [0.25, 0.3) is 0 Å². The number of rotatable bonds is 3. The molecule has 2 N–H and O–H groups in total. The molecule has 130 valence electrons. The Morgan fingerprint density at radius 3 is 2.80 bits per heavy atom. The summed E-state index contributed by atoms with van der Waals surface area (Å²) in [7, 11) is 0. The van der Waals surface area contributed by atoms with Gasteiger partial charge in [0.25, 0.3) is 0 Å². The fourth-order valence-corrected chi connectivity index (χ4v) is 3.26. The summed E-state index contributed by atoms with van der Waals surface area (Å²) >= 11 is 3.41. The average molecular weight is 406 g/mol. The van der Waals surface area contributed by atoms with Crippen LogP contribution in [0.2, 0.25) is 0 Å². The van der Waals surface area contributed by atoms with E-state index in [0.717, 1.165) is 4.47 Å². The molecule has 25 heavy (non-hydrogen) atoms. The molecule has 2 aromatic rings. The predicted octanol–water partition coefficient (Wildman–Crippen LogP) is 2.97. The SMILES string of the molecule is CCOC(=O)C1=C(N)Oc2cc(C)oc(=O)c2[C@@H]1c1cccc(Br)c1. The summed E-state index contributed by atoms with van der Waals surface area (Å²) in [5.41, 5.74) is 6.43. The third kappa shape index (κ3) is 3.19. The smallest absolute Gasteiger partial charge is 0.343 e. The Balaban J connectivity index is 2.28. The van der Waals surface area contributed by atoms with Gasteiger partial charge in [0.05, 0.1) is 18.1 Å². The van der Waals surface area contributed by atoms with Gasteiger partial charge in [0.1, 0.15) is 17.1 Å². The van der Waals surface area contributed by atoms with Gasteiger partial charge >= 0.3 is 11.6 Å². The van der Waals surface area contributed by atoms with Crippen molar-refractivity contribution in [3.8, 4) is 5.75 Å². The minimum Gasteiger partial charge on any atom is -0.462 e. The summed E-state index contributed by atoms with van der Waals surface area (Å²) in [5.74, 6) is -0.776. The molecule has 1 aliphatic heterocycles. The van der Waals surface area contributed by atoms with Gasteiger partial charge in [-0.3, -0.25) is 0 Å². The predicted molar refractivity (Wildman–Crippen MR) is 94.2 cm³/mol. The van der Waals surface area contributed by atoms with Crippen LogP contribution in [-0.4, -0.2) is 12.6 Å². The normalized spacial score (nSPS) is 16.2. The number of carbonyl (C=O) groups excluding carboxylic acids is 1. The van der Waals surface area contributed by atoms with Crippen LogP contribution in [0.4, 0.5) is 0 Å². The minimum absolute atomic E-state index is 0.0825. The first kappa shape index (κ1) is 17.3. The van der Waals surface area contributed by atoms with Crippen LogP contribution < -0.4 is 16.1 Å². The maximum atomic E-state index is 12.5. The van der Waals surface area contributed by atoms with E-state index >= 15 is 0 Å². The largest absolute Gasteiger partial charge is 0.462 e. The van der Waals surface area contributed by atoms with Crippen LogP contribution in [0.5, 0.6) is 5.75 Å². The number of carbonyl (C=O) groups is 1. The van der Waals surface area contributed by atoms with Crippen LogP contribution in [0, 0.1) is 6.92 Å². The summed E-state index contributed by atoms with van der Waals surface area (Å²) in [5, 5.41) is 0. The van der Waals surface area contributed by atoms with E-state index < -0.39 is 17.5 Å². The Hall–Kier alpha value is -2.54. The van der Waals surface area contributed by atoms with Crippen molar-refractivity contribution >= 4 is 21.9 Å². The molecule has 6 nitrogen and oxygen atoms in total. The first-order valence-electron chi connectivity index (χ1n) is 7.67. The zero-order valence-corrected chi connectivity index (χ0v) is 15.3. The lowest BCUT2D eigenvalue weighted by molar-refractivity contribution is -0.139. The number of hydrogen-bond donors (Lipinski definition) is 1. The molecule has 0 aliphatic carbocycles. The molecule has 0 amide bonds. The Morgan fingerprint density at radius 1 is 1.36 bits per heavy atom. The van der Waals surface area contributed by atoms with E-state index in [1.54, 1.807) is 26.0 Å². The van der Waals surface area contributed by atoms with Crippen LogP contribution in [0.3, 0.4) is 0 Å². The van der Waals surface area contributed by atoms with E-state index in [9.17, 15) is 9.59 Å². The van der Waals surface area contributed by atoms with Gasteiger partial charge in [0, 0.05) is 10.5 Å². The van der Waals surface area contributed by atoms with Crippen molar-refractivity contribution in [3.05, 3.63) is 73.6 Å². The maximum absolute atomic E-state index is 12.5. The highest BCUT2D eigenvalue weighted by molar-refractivity contribution is 9.10. The van der Waals surface area contributed by atoms with Crippen LogP contribution in [0.15, 0.2) is 55.5 Å². The molecule has 7 heteroatoms. The van der Waals surface area contributed by atoms with Crippen molar-refractivity contribution in [1.29, 1.82) is 0 Å². The zero-order chi connectivity index (χ0) is 18.1. The molecular formula is C18H16BrNO5. The standard InChI is InChI=1S/C18H16BrNO5/c1-3-23-17(21)15-13(10-5-4-6-11(19)8-10)14-12(25-16(15)20)7-9(2)24-18(14)22/h4-8,13H,3,20H2,1-2H3/t13-/m0/s1. The molecule has 1 aliphatic rings. The highest BCUT2D eigenvalue weighted by Crippen LogP contribution is 2.41. The monoisotopic (exact) mass is 405 g/mol. The molecular weight excluding hydrogens is 390 g/mol. The van der Waals surface area contributed by atoms with E-state index in [2.05, 4.69) is 15.9 Å². The number of benzene rings is 1. The molecule has 1 aromatic carbocycles. The van der Waals surface area contributed by atoms with Gasteiger partial charge in [0.2, 0.25) is 5.88 Å². The van der Waals surface area contributed by atoms with Gasteiger partial charge in [0.15, 0.2) is 0 Å². The van der Waals surface area contributed by atoms with Crippen molar-refractivity contribution in [1.82, 2.24) is 0 Å². The summed E-state index contributed by atoms with van der Waals surface area (Å²) in [6.07, 6.45) is 0. The van der Waals surface area contributed by atoms with E-state index in [1.807, 2.05) is 18.2 Å². The van der Waals surface area contributed by atoms with Gasteiger partial charge in [-0.15, -0.1) is 0 Å². The minimum atomic E-state index is -0.739. The Morgan fingerprint density at radius 2 is 2.12 bits per heavy atom. The highest BCUT2D eigenvalue weighted by Gasteiger charge is 2.38. The Bertz CT molecular complexity index is 931. The lowest BCUT2D eigenvalue weighted by atomic mass is 9.84. The van der Waals surface area contributed by atoms with E-state index in [1.165, 1.54) is 0 Å². The number of fused-ring (bicyclic) bond motifs is 1. The van der Waals surface area contributed by atoms with Gasteiger partial charge in [-0.1, -0.05) is 28.1 Å². The molecule has 1 atom stereocenters. The highest BCUT2D eigenvalue weighted by atomic mass is 79.9. The zero-order valence-electron chi connectivity index (χ0n) is 13.7. The average Bonchev–Trinajstić information content (AvgIpc) is 2.53. The van der Waals surface area contributed by atoms with Crippen molar-refractivity contribution in [3.63, 3.8) is 0 Å². The number of esters is 1. The number of aryl methyl sites for hydroxylation is 1. The second kappa shape index (κ2) is 6.76. The van der Waals surface area contributed by atoms with Crippen molar-refractivity contribution in [2.75, 3.05) is 6.61 Å². The van der Waals surface area contributed by atoms with Crippen molar-refractivity contribution in [2.45, 2.75) is 19.8 Å². The molecule has 0 saturated carbocycles. The Labute approximate surface area is 152 Å². The number of hydrogen-bond acceptors (Lipinski definition) is 6. The molecule has 0 radical (unpaired) electrons. The third-order valence-electron chi connectivity index (χ3n) is 3.81. The molecule has 0 bridgehead atoms. The van der Waals surface area contributed by atoms with Crippen LogP contribution in [-0.2, 0) is 9.53 Å². The summed E-state index contributed by atoms with van der Waals surface area (Å²) < 4.78 is 16.7. The van der Waals surface area contributed by atoms with Gasteiger partial charge in [-0.25, -0.2) is 9.59 Å². The Kier molecular flexibility index (Phi) is 4.67. The second-order valence-corrected chi connectivity index (χ2v) is 6.43. The number of ether oxygens (including phenoxy) is 2. The number of nitrogens with two attached hydrogens (primary N) is 1. The van der Waals surface area contributed by atoms with Gasteiger partial charge < -0.3 is 19.6 Å². The first-order chi connectivity index (χ1) is 11.9.